The minimum atomic E-state index is -0.922. The third kappa shape index (κ3) is 3.58. The van der Waals surface area contributed by atoms with Crippen LogP contribution in [-0.2, 0) is 6.54 Å². The van der Waals surface area contributed by atoms with Crippen LogP contribution in [0.4, 0.5) is 0 Å². The fourth-order valence-electron chi connectivity index (χ4n) is 1.79. The van der Waals surface area contributed by atoms with Gasteiger partial charge in [0.05, 0.1) is 18.5 Å². The fourth-order valence-corrected chi connectivity index (χ4v) is 1.79. The van der Waals surface area contributed by atoms with Crippen molar-refractivity contribution < 1.29 is 14.6 Å². The van der Waals surface area contributed by atoms with Gasteiger partial charge in [0.25, 0.3) is 0 Å². The van der Waals surface area contributed by atoms with Gasteiger partial charge in [-0.3, -0.25) is 0 Å². The molecule has 0 amide bonds. The molecule has 0 aliphatic rings. The first-order chi connectivity index (χ1) is 9.16. The number of imidazole rings is 1. The van der Waals surface area contributed by atoms with Crippen LogP contribution in [0.5, 0.6) is 5.75 Å². The highest BCUT2D eigenvalue weighted by Crippen LogP contribution is 2.19. The summed E-state index contributed by atoms with van der Waals surface area (Å²) in [6.07, 6.45) is 6.30. The summed E-state index contributed by atoms with van der Waals surface area (Å²) in [4.78, 5) is 14.8. The average molecular weight is 260 g/mol. The number of carbonyl (C=O) groups is 1. The summed E-state index contributed by atoms with van der Waals surface area (Å²) in [6, 6.07) is 4.88. The lowest BCUT2D eigenvalue weighted by Gasteiger charge is -2.09. The normalized spacial score (nSPS) is 10.4. The van der Waals surface area contributed by atoms with E-state index in [0.29, 0.717) is 6.61 Å². The van der Waals surface area contributed by atoms with Crippen molar-refractivity contribution in [3.05, 3.63) is 48.0 Å². The zero-order valence-corrected chi connectivity index (χ0v) is 10.7. The van der Waals surface area contributed by atoms with E-state index in [1.54, 1.807) is 30.7 Å². The smallest absolute Gasteiger partial charge is 0.335 e. The molecule has 1 aromatic carbocycles. The highest BCUT2D eigenvalue weighted by atomic mass is 16.5. The molecular formula is C14H16N2O3. The number of carboxylic acid groups (broad SMARTS) is 1. The lowest BCUT2D eigenvalue weighted by Crippen LogP contribution is -2.04. The van der Waals surface area contributed by atoms with Gasteiger partial charge in [-0.2, -0.15) is 0 Å². The van der Waals surface area contributed by atoms with Crippen LogP contribution in [0.15, 0.2) is 36.9 Å². The Morgan fingerprint density at radius 2 is 2.32 bits per heavy atom. The van der Waals surface area contributed by atoms with Gasteiger partial charge in [-0.1, -0.05) is 0 Å². The van der Waals surface area contributed by atoms with Crippen molar-refractivity contribution in [3.8, 4) is 5.75 Å². The van der Waals surface area contributed by atoms with Gasteiger partial charge >= 0.3 is 5.97 Å². The molecule has 100 valence electrons. The molecule has 0 saturated carbocycles. The Morgan fingerprint density at radius 1 is 1.47 bits per heavy atom. The highest BCUT2D eigenvalue weighted by Gasteiger charge is 2.06. The van der Waals surface area contributed by atoms with E-state index in [0.717, 1.165) is 24.3 Å². The first-order valence-electron chi connectivity index (χ1n) is 6.09. The summed E-state index contributed by atoms with van der Waals surface area (Å²) in [5, 5.41) is 8.87. The van der Waals surface area contributed by atoms with Crippen LogP contribution in [0, 0.1) is 6.92 Å². The van der Waals surface area contributed by atoms with E-state index in [1.165, 1.54) is 0 Å². The maximum atomic E-state index is 10.8. The van der Waals surface area contributed by atoms with Crippen LogP contribution in [0.2, 0.25) is 0 Å². The van der Waals surface area contributed by atoms with Crippen molar-refractivity contribution in [1.82, 2.24) is 9.55 Å². The summed E-state index contributed by atoms with van der Waals surface area (Å²) in [6.45, 7) is 3.29. The van der Waals surface area contributed by atoms with Crippen LogP contribution < -0.4 is 4.74 Å². The number of rotatable bonds is 6. The molecule has 5 heteroatoms. The van der Waals surface area contributed by atoms with Crippen molar-refractivity contribution in [1.29, 1.82) is 0 Å². The molecule has 0 atom stereocenters. The second kappa shape index (κ2) is 6.04. The molecule has 5 nitrogen and oxygen atoms in total. The molecule has 0 fully saturated rings. The number of hydrogen-bond donors (Lipinski definition) is 1. The number of aromatic carboxylic acids is 1. The minimum Gasteiger partial charge on any atom is -0.493 e. The maximum Gasteiger partial charge on any atom is 0.335 e. The first-order valence-corrected chi connectivity index (χ1v) is 6.09. The van der Waals surface area contributed by atoms with Crippen molar-refractivity contribution in [2.75, 3.05) is 6.61 Å². The van der Waals surface area contributed by atoms with E-state index in [9.17, 15) is 4.79 Å². The summed E-state index contributed by atoms with van der Waals surface area (Å²) in [5.74, 6) is -0.189. The predicted molar refractivity (Wildman–Crippen MR) is 70.5 cm³/mol. The molecule has 0 aliphatic heterocycles. The number of aryl methyl sites for hydroxylation is 2. The topological polar surface area (TPSA) is 64.3 Å². The molecule has 1 heterocycles. The standard InChI is InChI=1S/C14H16N2O3/c1-11-9-12(14(17)18)3-4-13(11)19-8-2-6-16-7-5-15-10-16/h3-5,7,9-10H,2,6,8H2,1H3,(H,17,18). The number of nitrogens with zero attached hydrogens (tertiary/aromatic N) is 2. The lowest BCUT2D eigenvalue weighted by molar-refractivity contribution is 0.0696. The molecule has 0 radical (unpaired) electrons. The molecule has 0 unspecified atom stereocenters. The molecule has 0 aliphatic carbocycles. The van der Waals surface area contributed by atoms with Crippen LogP contribution in [0.3, 0.4) is 0 Å². The quantitative estimate of drug-likeness (QED) is 0.810. The van der Waals surface area contributed by atoms with Gasteiger partial charge < -0.3 is 14.4 Å². The van der Waals surface area contributed by atoms with E-state index in [1.807, 2.05) is 17.7 Å². The Balaban J connectivity index is 1.84. The summed E-state index contributed by atoms with van der Waals surface area (Å²) in [7, 11) is 0. The molecule has 0 saturated heterocycles. The Hall–Kier alpha value is -2.30. The van der Waals surface area contributed by atoms with Crippen molar-refractivity contribution in [3.63, 3.8) is 0 Å². The second-order valence-corrected chi connectivity index (χ2v) is 4.29. The Labute approximate surface area is 111 Å². The van der Waals surface area contributed by atoms with Crippen molar-refractivity contribution in [2.24, 2.45) is 0 Å². The molecule has 1 N–H and O–H groups in total. The highest BCUT2D eigenvalue weighted by molar-refractivity contribution is 5.88. The van der Waals surface area contributed by atoms with Gasteiger partial charge in [-0.15, -0.1) is 0 Å². The van der Waals surface area contributed by atoms with E-state index >= 15 is 0 Å². The van der Waals surface area contributed by atoms with Crippen molar-refractivity contribution in [2.45, 2.75) is 19.9 Å². The summed E-state index contributed by atoms with van der Waals surface area (Å²) in [5.41, 5.74) is 1.12. The average Bonchev–Trinajstić information content (AvgIpc) is 2.89. The molecule has 2 rings (SSSR count). The molecule has 1 aromatic heterocycles. The zero-order chi connectivity index (χ0) is 13.7. The van der Waals surface area contributed by atoms with Gasteiger partial charge in [0, 0.05) is 18.9 Å². The largest absolute Gasteiger partial charge is 0.493 e. The van der Waals surface area contributed by atoms with Gasteiger partial charge in [0.2, 0.25) is 0 Å². The van der Waals surface area contributed by atoms with Crippen LogP contribution in [0.1, 0.15) is 22.3 Å². The van der Waals surface area contributed by atoms with E-state index < -0.39 is 5.97 Å². The predicted octanol–water partition coefficient (Wildman–Crippen LogP) is 2.36. The van der Waals surface area contributed by atoms with Gasteiger partial charge in [-0.25, -0.2) is 9.78 Å². The number of carboxylic acids is 1. The number of aromatic nitrogens is 2. The third-order valence-corrected chi connectivity index (χ3v) is 2.80. The Kier molecular flexibility index (Phi) is 4.18. The molecule has 0 spiro atoms. The first kappa shape index (κ1) is 13.1. The molecule has 0 bridgehead atoms. The van der Waals surface area contributed by atoms with Crippen LogP contribution >= 0.6 is 0 Å². The van der Waals surface area contributed by atoms with Crippen LogP contribution in [-0.4, -0.2) is 27.2 Å². The minimum absolute atomic E-state index is 0.281. The van der Waals surface area contributed by atoms with E-state index in [4.69, 9.17) is 9.84 Å². The Bertz CT molecular complexity index is 550. The van der Waals surface area contributed by atoms with Gasteiger partial charge in [0.15, 0.2) is 0 Å². The fraction of sp³-hybridized carbons (Fsp3) is 0.286. The number of benzene rings is 1. The second-order valence-electron chi connectivity index (χ2n) is 4.29. The molecule has 2 aromatic rings. The SMILES string of the molecule is Cc1cc(C(=O)O)ccc1OCCCn1ccnc1. The molecule has 19 heavy (non-hydrogen) atoms. The van der Waals surface area contributed by atoms with Crippen molar-refractivity contribution >= 4 is 5.97 Å². The number of ether oxygens (including phenoxy) is 1. The molecular weight excluding hydrogens is 244 g/mol. The monoisotopic (exact) mass is 260 g/mol. The zero-order valence-electron chi connectivity index (χ0n) is 10.7. The van der Waals surface area contributed by atoms with Crippen LogP contribution in [0.25, 0.3) is 0 Å². The lowest BCUT2D eigenvalue weighted by atomic mass is 10.1. The van der Waals surface area contributed by atoms with E-state index in [2.05, 4.69) is 4.98 Å². The van der Waals surface area contributed by atoms with Gasteiger partial charge in [-0.05, 0) is 37.1 Å². The van der Waals surface area contributed by atoms with E-state index in [-0.39, 0.29) is 5.56 Å². The maximum absolute atomic E-state index is 10.8. The summed E-state index contributed by atoms with van der Waals surface area (Å²) >= 11 is 0. The van der Waals surface area contributed by atoms with Gasteiger partial charge in [0.1, 0.15) is 5.75 Å². The summed E-state index contributed by atoms with van der Waals surface area (Å²) < 4.78 is 7.63. The third-order valence-electron chi connectivity index (χ3n) is 2.80. The Morgan fingerprint density at radius 3 is 2.95 bits per heavy atom. The number of hydrogen-bond acceptors (Lipinski definition) is 3.